The molecule has 2 atom stereocenters. The average molecular weight is 539 g/mol. The van der Waals surface area contributed by atoms with Gasteiger partial charge in [-0.05, 0) is 80.6 Å². The number of methoxy groups -OCH3 is 1. The number of benzene rings is 2. The zero-order valence-electron chi connectivity index (χ0n) is 23.0. The summed E-state index contributed by atoms with van der Waals surface area (Å²) in [5, 5.41) is 17.9. The molecule has 1 fully saturated rings. The van der Waals surface area contributed by atoms with Gasteiger partial charge in [0.25, 0.3) is 0 Å². The third kappa shape index (κ3) is 8.70. The lowest BCUT2D eigenvalue weighted by Gasteiger charge is -2.27. The second-order valence-corrected chi connectivity index (χ2v) is 10.5. The lowest BCUT2D eigenvalue weighted by atomic mass is 9.98. The Bertz CT molecular complexity index is 1070. The fourth-order valence-electron chi connectivity index (χ4n) is 5.31. The van der Waals surface area contributed by atoms with Crippen molar-refractivity contribution in [1.29, 1.82) is 0 Å². The van der Waals surface area contributed by atoms with Crippen LogP contribution in [-0.2, 0) is 4.79 Å². The number of ketones is 1. The van der Waals surface area contributed by atoms with Crippen molar-refractivity contribution in [2.45, 2.75) is 82.4 Å². The van der Waals surface area contributed by atoms with E-state index in [-0.39, 0.29) is 11.7 Å². The zero-order valence-corrected chi connectivity index (χ0v) is 23.0. The summed E-state index contributed by atoms with van der Waals surface area (Å²) < 4.78 is 16.4. The number of carbonyl (C=O) groups excluding carboxylic acids is 2. The number of rotatable bonds is 15. The molecule has 1 amide bonds. The van der Waals surface area contributed by atoms with Crippen molar-refractivity contribution in [2.24, 2.45) is 0 Å². The summed E-state index contributed by atoms with van der Waals surface area (Å²) in [4.78, 5) is 25.3. The predicted molar refractivity (Wildman–Crippen MR) is 150 cm³/mol. The van der Waals surface area contributed by atoms with E-state index in [1.54, 1.807) is 31.4 Å². The number of fused-ring (bicyclic) bond motifs is 1. The molecule has 2 aromatic rings. The van der Waals surface area contributed by atoms with Crippen molar-refractivity contribution in [2.75, 3.05) is 26.9 Å². The number of carbonyl (C=O) groups is 2. The van der Waals surface area contributed by atoms with E-state index in [0.29, 0.717) is 67.6 Å². The van der Waals surface area contributed by atoms with Gasteiger partial charge in [-0.2, -0.15) is 0 Å². The summed E-state index contributed by atoms with van der Waals surface area (Å²) in [6.45, 7) is 1.71. The predicted octanol–water partition coefficient (Wildman–Crippen LogP) is 4.74. The van der Waals surface area contributed by atoms with Crippen LogP contribution < -0.4 is 24.8 Å². The molecule has 0 saturated heterocycles. The smallest absolute Gasteiger partial charge is 0.220 e. The molecule has 3 N–H and O–H groups in total. The van der Waals surface area contributed by atoms with Crippen LogP contribution in [0.4, 0.5) is 0 Å². The van der Waals surface area contributed by atoms with Crippen LogP contribution in [0.15, 0.2) is 42.5 Å². The molecule has 8 heteroatoms. The molecule has 212 valence electrons. The maximum absolute atomic E-state index is 12.9. The Kier molecular flexibility index (Phi) is 11.0. The third-order valence-corrected chi connectivity index (χ3v) is 7.60. The SMILES string of the molecule is COc1ccc(C(=O)CCCCCC(=O)N[C@H](CCNC2CCCC2)[C@H](O)c2ccc3c(c2)OCCO3)cc1. The molecular formula is C31H42N2O6. The summed E-state index contributed by atoms with van der Waals surface area (Å²) in [5.41, 5.74) is 1.37. The van der Waals surface area contributed by atoms with Crippen molar-refractivity contribution in [3.63, 3.8) is 0 Å². The van der Waals surface area contributed by atoms with Crippen LogP contribution >= 0.6 is 0 Å². The Morgan fingerprint density at radius 3 is 2.44 bits per heavy atom. The van der Waals surface area contributed by atoms with Gasteiger partial charge >= 0.3 is 0 Å². The van der Waals surface area contributed by atoms with E-state index in [1.807, 2.05) is 18.2 Å². The van der Waals surface area contributed by atoms with E-state index in [0.717, 1.165) is 25.1 Å². The molecule has 1 saturated carbocycles. The highest BCUT2D eigenvalue weighted by molar-refractivity contribution is 5.96. The molecule has 39 heavy (non-hydrogen) atoms. The molecule has 0 aromatic heterocycles. The Balaban J connectivity index is 1.25. The maximum atomic E-state index is 12.9. The van der Waals surface area contributed by atoms with Gasteiger partial charge in [0.2, 0.25) is 5.91 Å². The lowest BCUT2D eigenvalue weighted by Crippen LogP contribution is -2.42. The van der Waals surface area contributed by atoms with Gasteiger partial charge in [0.05, 0.1) is 19.3 Å². The molecule has 0 bridgehead atoms. The standard InChI is InChI=1S/C31H42N2O6/c1-37-25-14-11-22(12-15-25)27(34)9-3-2-4-10-30(35)33-26(17-18-32-24-7-5-6-8-24)31(36)23-13-16-28-29(21-23)39-20-19-38-28/h11-16,21,24,26,31-32,36H,2-10,17-20H2,1H3,(H,33,35)/t26-,31-/m1/s1. The van der Waals surface area contributed by atoms with E-state index >= 15 is 0 Å². The monoisotopic (exact) mass is 538 g/mol. The summed E-state index contributed by atoms with van der Waals surface area (Å²) in [6.07, 6.45) is 7.64. The zero-order chi connectivity index (χ0) is 27.5. The molecule has 8 nitrogen and oxygen atoms in total. The van der Waals surface area contributed by atoms with Gasteiger partial charge in [0.15, 0.2) is 17.3 Å². The first-order valence-electron chi connectivity index (χ1n) is 14.3. The van der Waals surface area contributed by atoms with Crippen LogP contribution in [-0.4, -0.2) is 55.7 Å². The minimum Gasteiger partial charge on any atom is -0.497 e. The summed E-state index contributed by atoms with van der Waals surface area (Å²) >= 11 is 0. The highest BCUT2D eigenvalue weighted by Gasteiger charge is 2.25. The number of aliphatic hydroxyl groups is 1. The van der Waals surface area contributed by atoms with Crippen LogP contribution in [0.25, 0.3) is 0 Å². The summed E-state index contributed by atoms with van der Waals surface area (Å²) in [5.74, 6) is 2.03. The Morgan fingerprint density at radius 1 is 0.974 bits per heavy atom. The molecule has 1 heterocycles. The first-order chi connectivity index (χ1) is 19.0. The average Bonchev–Trinajstić information content (AvgIpc) is 3.49. The van der Waals surface area contributed by atoms with Crippen LogP contribution in [0.3, 0.4) is 0 Å². The Labute approximate surface area is 231 Å². The normalized spacial score (nSPS) is 16.5. The molecular weight excluding hydrogens is 496 g/mol. The fraction of sp³-hybridized carbons (Fsp3) is 0.548. The Hall–Kier alpha value is -3.10. The van der Waals surface area contributed by atoms with E-state index < -0.39 is 12.1 Å². The van der Waals surface area contributed by atoms with Crippen LogP contribution in [0.5, 0.6) is 17.2 Å². The molecule has 0 unspecified atom stereocenters. The molecule has 0 spiro atoms. The first kappa shape index (κ1) is 28.9. The Morgan fingerprint density at radius 2 is 1.69 bits per heavy atom. The van der Waals surface area contributed by atoms with E-state index in [9.17, 15) is 14.7 Å². The number of nitrogens with one attached hydrogen (secondary N) is 2. The highest BCUT2D eigenvalue weighted by atomic mass is 16.6. The van der Waals surface area contributed by atoms with E-state index in [2.05, 4.69) is 10.6 Å². The van der Waals surface area contributed by atoms with Gasteiger partial charge < -0.3 is 30.0 Å². The minimum atomic E-state index is -0.864. The van der Waals surface area contributed by atoms with Gasteiger partial charge in [-0.15, -0.1) is 0 Å². The molecule has 1 aliphatic heterocycles. The number of hydrogen-bond donors (Lipinski definition) is 3. The summed E-state index contributed by atoms with van der Waals surface area (Å²) in [7, 11) is 1.60. The number of hydrogen-bond acceptors (Lipinski definition) is 7. The topological polar surface area (TPSA) is 106 Å². The van der Waals surface area contributed by atoms with Crippen molar-refractivity contribution in [1.82, 2.24) is 10.6 Å². The minimum absolute atomic E-state index is 0.0843. The molecule has 4 rings (SSSR count). The van der Waals surface area contributed by atoms with Gasteiger partial charge in [0.1, 0.15) is 19.0 Å². The summed E-state index contributed by atoms with van der Waals surface area (Å²) in [6, 6.07) is 12.7. The van der Waals surface area contributed by atoms with Gasteiger partial charge in [0, 0.05) is 24.4 Å². The highest BCUT2D eigenvalue weighted by Crippen LogP contribution is 2.33. The van der Waals surface area contributed by atoms with Crippen molar-refractivity contribution >= 4 is 11.7 Å². The van der Waals surface area contributed by atoms with Crippen molar-refractivity contribution in [3.8, 4) is 17.2 Å². The van der Waals surface area contributed by atoms with Crippen LogP contribution in [0, 0.1) is 0 Å². The van der Waals surface area contributed by atoms with Crippen LogP contribution in [0.2, 0.25) is 0 Å². The number of ether oxygens (including phenoxy) is 3. The van der Waals surface area contributed by atoms with Gasteiger partial charge in [-0.25, -0.2) is 0 Å². The molecule has 2 aliphatic rings. The number of Topliss-reactive ketones (excluding diaryl/α,β-unsaturated/α-hetero) is 1. The van der Waals surface area contributed by atoms with Crippen molar-refractivity contribution in [3.05, 3.63) is 53.6 Å². The first-order valence-corrected chi connectivity index (χ1v) is 14.3. The van der Waals surface area contributed by atoms with E-state index in [1.165, 1.54) is 25.7 Å². The van der Waals surface area contributed by atoms with Gasteiger partial charge in [-0.3, -0.25) is 9.59 Å². The molecule has 1 aliphatic carbocycles. The van der Waals surface area contributed by atoms with Crippen LogP contribution in [0.1, 0.15) is 86.2 Å². The third-order valence-electron chi connectivity index (χ3n) is 7.60. The number of unbranched alkanes of at least 4 members (excludes halogenated alkanes) is 2. The fourth-order valence-corrected chi connectivity index (χ4v) is 5.31. The second-order valence-electron chi connectivity index (χ2n) is 10.5. The largest absolute Gasteiger partial charge is 0.497 e. The number of aliphatic hydroxyl groups excluding tert-OH is 1. The number of amides is 1. The van der Waals surface area contributed by atoms with E-state index in [4.69, 9.17) is 14.2 Å². The lowest BCUT2D eigenvalue weighted by molar-refractivity contribution is -0.122. The van der Waals surface area contributed by atoms with Crippen molar-refractivity contribution < 1.29 is 28.9 Å². The molecule has 2 aromatic carbocycles. The molecule has 0 radical (unpaired) electrons. The maximum Gasteiger partial charge on any atom is 0.220 e. The second kappa shape index (κ2) is 14.9. The van der Waals surface area contributed by atoms with Gasteiger partial charge in [-0.1, -0.05) is 25.3 Å². The quantitative estimate of drug-likeness (QED) is 0.222.